The van der Waals surface area contributed by atoms with E-state index in [1.165, 1.54) is 0 Å². The molecule has 0 radical (unpaired) electrons. The third-order valence-corrected chi connectivity index (χ3v) is 3.70. The van der Waals surface area contributed by atoms with Crippen LogP contribution in [-0.4, -0.2) is 19.7 Å². The highest BCUT2D eigenvalue weighted by Crippen LogP contribution is 2.32. The van der Waals surface area contributed by atoms with Gasteiger partial charge < -0.3 is 5.32 Å². The van der Waals surface area contributed by atoms with Crippen LogP contribution in [-0.2, 0) is 22.5 Å². The largest absolute Gasteiger partial charge is 0.310 e. The molecule has 21 heavy (non-hydrogen) atoms. The van der Waals surface area contributed by atoms with Gasteiger partial charge in [0.05, 0.1) is 0 Å². The molecule has 0 aliphatic carbocycles. The molecule has 108 valence electrons. The van der Waals surface area contributed by atoms with E-state index in [0.29, 0.717) is 24.3 Å². The van der Waals surface area contributed by atoms with Gasteiger partial charge in [-0.1, -0.05) is 12.1 Å². The van der Waals surface area contributed by atoms with E-state index >= 15 is 0 Å². The number of benzene rings is 1. The zero-order valence-corrected chi connectivity index (χ0v) is 11.8. The summed E-state index contributed by atoms with van der Waals surface area (Å²) in [6, 6.07) is 9.11. The summed E-state index contributed by atoms with van der Waals surface area (Å²) in [5.74, 6) is 0.561. The fourth-order valence-electron chi connectivity index (χ4n) is 2.41. The third-order valence-electron chi connectivity index (χ3n) is 3.29. The maximum Gasteiger partial charge on any atom is 0.259 e. The number of aromatic nitrogens is 1. The first-order chi connectivity index (χ1) is 10.1. The predicted octanol–water partition coefficient (Wildman–Crippen LogP) is 2.18. The number of carbonyl (C=O) groups is 1. The predicted molar refractivity (Wildman–Crippen MR) is 81.0 cm³/mol. The van der Waals surface area contributed by atoms with Crippen LogP contribution >= 0.6 is 0 Å². The number of fused-ring (bicyclic) bond motifs is 1. The van der Waals surface area contributed by atoms with Gasteiger partial charge in [-0.25, -0.2) is 9.19 Å². The Morgan fingerprint density at radius 3 is 2.95 bits per heavy atom. The van der Waals surface area contributed by atoms with E-state index in [9.17, 15) is 9.00 Å². The number of nitrogens with one attached hydrogen (secondary N) is 2. The van der Waals surface area contributed by atoms with Crippen molar-refractivity contribution in [1.29, 1.82) is 0 Å². The minimum atomic E-state index is -2.11. The van der Waals surface area contributed by atoms with Crippen LogP contribution in [0.4, 0.5) is 11.5 Å². The number of nitrogens with zero attached hydrogens (tertiary/aromatic N) is 1. The summed E-state index contributed by atoms with van der Waals surface area (Å²) in [6.45, 7) is 0. The number of rotatable bonds is 3. The average molecular weight is 303 g/mol. The lowest BCUT2D eigenvalue weighted by atomic mass is 9.95. The van der Waals surface area contributed by atoms with Crippen molar-refractivity contribution in [2.45, 2.75) is 12.8 Å². The van der Waals surface area contributed by atoms with E-state index in [1.54, 1.807) is 24.4 Å². The fourth-order valence-corrected chi connectivity index (χ4v) is 2.74. The highest BCUT2D eigenvalue weighted by molar-refractivity contribution is 7.80. The highest BCUT2D eigenvalue weighted by Gasteiger charge is 2.19. The zero-order valence-electron chi connectivity index (χ0n) is 11.0. The lowest BCUT2D eigenvalue weighted by Gasteiger charge is -2.19. The highest BCUT2D eigenvalue weighted by atomic mass is 32.2. The Labute approximate surface area is 124 Å². The van der Waals surface area contributed by atoms with Gasteiger partial charge in [0.2, 0.25) is 5.91 Å². The van der Waals surface area contributed by atoms with Crippen LogP contribution in [0.5, 0.6) is 0 Å². The van der Waals surface area contributed by atoms with Crippen molar-refractivity contribution in [1.82, 2.24) is 4.98 Å². The van der Waals surface area contributed by atoms with Crippen molar-refractivity contribution in [3.8, 4) is 11.1 Å². The van der Waals surface area contributed by atoms with Crippen molar-refractivity contribution >= 4 is 28.7 Å². The molecule has 1 aromatic heterocycles. The summed E-state index contributed by atoms with van der Waals surface area (Å²) in [7, 11) is 0. The van der Waals surface area contributed by atoms with E-state index < -0.39 is 11.3 Å². The smallest absolute Gasteiger partial charge is 0.259 e. The first kappa shape index (κ1) is 13.7. The molecule has 7 heteroatoms. The monoisotopic (exact) mass is 303 g/mol. The molecule has 0 saturated heterocycles. The molecule has 1 aliphatic heterocycles. The van der Waals surface area contributed by atoms with E-state index in [4.69, 9.17) is 4.55 Å². The van der Waals surface area contributed by atoms with E-state index in [0.717, 1.165) is 16.7 Å². The Kier molecular flexibility index (Phi) is 3.68. The van der Waals surface area contributed by atoms with Crippen LogP contribution in [0.1, 0.15) is 12.0 Å². The first-order valence-electron chi connectivity index (χ1n) is 6.39. The van der Waals surface area contributed by atoms with E-state index in [1.807, 2.05) is 12.1 Å². The van der Waals surface area contributed by atoms with E-state index in [-0.39, 0.29) is 5.91 Å². The average Bonchev–Trinajstić information content (AvgIpc) is 2.46. The van der Waals surface area contributed by atoms with Crippen LogP contribution < -0.4 is 10.0 Å². The molecule has 2 aromatic rings. The first-order valence-corrected chi connectivity index (χ1v) is 7.50. The second kappa shape index (κ2) is 5.63. The van der Waals surface area contributed by atoms with Gasteiger partial charge in [-0.3, -0.25) is 14.1 Å². The molecule has 0 spiro atoms. The SMILES string of the molecule is O=C1CCc2c(-c3cccc(NS(=O)O)c3)ccnc2N1. The quantitative estimate of drug-likeness (QED) is 0.758. The molecule has 0 bridgehead atoms. The van der Waals surface area contributed by atoms with Crippen molar-refractivity contribution in [3.05, 3.63) is 42.1 Å². The molecule has 1 atom stereocenters. The Bertz CT molecular complexity index is 733. The summed E-state index contributed by atoms with van der Waals surface area (Å²) in [4.78, 5) is 15.6. The molecule has 3 N–H and O–H groups in total. The van der Waals surface area contributed by atoms with Gasteiger partial charge in [-0.15, -0.1) is 0 Å². The van der Waals surface area contributed by atoms with Crippen molar-refractivity contribution < 1.29 is 13.6 Å². The molecule has 1 amide bonds. The van der Waals surface area contributed by atoms with Gasteiger partial charge in [0, 0.05) is 23.9 Å². The van der Waals surface area contributed by atoms with Crippen molar-refractivity contribution in [2.24, 2.45) is 0 Å². The van der Waals surface area contributed by atoms with Crippen LogP contribution in [0.15, 0.2) is 36.5 Å². The lowest BCUT2D eigenvalue weighted by molar-refractivity contribution is -0.116. The zero-order chi connectivity index (χ0) is 14.8. The summed E-state index contributed by atoms with van der Waals surface area (Å²) in [5, 5.41) is 2.76. The topological polar surface area (TPSA) is 91.3 Å². The van der Waals surface area contributed by atoms with Crippen molar-refractivity contribution in [3.63, 3.8) is 0 Å². The second-order valence-electron chi connectivity index (χ2n) is 4.67. The van der Waals surface area contributed by atoms with E-state index in [2.05, 4.69) is 15.0 Å². The lowest BCUT2D eigenvalue weighted by Crippen LogP contribution is -2.20. The molecule has 1 aromatic carbocycles. The molecule has 1 unspecified atom stereocenters. The maximum atomic E-state index is 11.4. The van der Waals surface area contributed by atoms with Gasteiger partial charge in [-0.05, 0) is 35.7 Å². The Morgan fingerprint density at radius 1 is 1.29 bits per heavy atom. The number of pyridine rings is 1. The number of anilines is 2. The second-order valence-corrected chi connectivity index (χ2v) is 5.37. The van der Waals surface area contributed by atoms with Gasteiger partial charge in [0.15, 0.2) is 0 Å². The molecule has 1 aliphatic rings. The van der Waals surface area contributed by atoms with Gasteiger partial charge in [-0.2, -0.15) is 0 Å². The molecule has 0 fully saturated rings. The Balaban J connectivity index is 2.03. The molecule has 0 saturated carbocycles. The number of amides is 1. The minimum Gasteiger partial charge on any atom is -0.310 e. The standard InChI is InChI=1S/C14H13N3O3S/c18-13-5-4-12-11(6-7-15-14(12)16-13)9-2-1-3-10(8-9)17-21(19)20/h1-3,6-8,17H,4-5H2,(H,19,20)(H,15,16,18). The Hall–Kier alpha value is -2.25. The molecular weight excluding hydrogens is 290 g/mol. The van der Waals surface area contributed by atoms with Crippen LogP contribution in [0.25, 0.3) is 11.1 Å². The normalized spacial score (nSPS) is 15.0. The number of hydrogen-bond donors (Lipinski definition) is 3. The van der Waals surface area contributed by atoms with Gasteiger partial charge in [0.25, 0.3) is 11.3 Å². The van der Waals surface area contributed by atoms with Crippen molar-refractivity contribution in [2.75, 3.05) is 10.0 Å². The van der Waals surface area contributed by atoms with Gasteiger partial charge in [0.1, 0.15) is 5.82 Å². The molecule has 6 nitrogen and oxygen atoms in total. The fraction of sp³-hybridized carbons (Fsp3) is 0.143. The molecule has 2 heterocycles. The number of hydrogen-bond acceptors (Lipinski definition) is 3. The third kappa shape index (κ3) is 2.93. The Morgan fingerprint density at radius 2 is 2.14 bits per heavy atom. The molecule has 3 rings (SSSR count). The minimum absolute atomic E-state index is 0.0294. The summed E-state index contributed by atoms with van der Waals surface area (Å²) < 4.78 is 22.2. The van der Waals surface area contributed by atoms with Crippen LogP contribution in [0, 0.1) is 0 Å². The maximum absolute atomic E-state index is 11.4. The number of carbonyl (C=O) groups excluding carboxylic acids is 1. The van der Waals surface area contributed by atoms with Crippen LogP contribution in [0.2, 0.25) is 0 Å². The van der Waals surface area contributed by atoms with Crippen LogP contribution in [0.3, 0.4) is 0 Å². The molecular formula is C14H13N3O3S. The summed E-state index contributed by atoms with van der Waals surface area (Å²) in [5.41, 5.74) is 3.41. The van der Waals surface area contributed by atoms with Gasteiger partial charge >= 0.3 is 0 Å². The summed E-state index contributed by atoms with van der Waals surface area (Å²) in [6.07, 6.45) is 2.71. The summed E-state index contributed by atoms with van der Waals surface area (Å²) >= 11 is -2.11.